The second-order valence-electron chi connectivity index (χ2n) is 4.17. The van der Waals surface area contributed by atoms with Crippen LogP contribution in [0.5, 0.6) is 0 Å². The van der Waals surface area contributed by atoms with Crippen LogP contribution in [0.3, 0.4) is 0 Å². The van der Waals surface area contributed by atoms with Crippen LogP contribution in [0.4, 0.5) is 11.5 Å². The van der Waals surface area contributed by atoms with Crippen molar-refractivity contribution in [2.75, 3.05) is 5.73 Å². The number of rotatable bonds is 2. The topological polar surface area (TPSA) is 97.8 Å². The number of hydrogen-bond acceptors (Lipinski definition) is 4. The number of nitrogen functional groups attached to an aromatic ring is 1. The van der Waals surface area contributed by atoms with Gasteiger partial charge >= 0.3 is 0 Å². The first-order valence-corrected chi connectivity index (χ1v) is 5.63. The highest BCUT2D eigenvalue weighted by molar-refractivity contribution is 5.91. The summed E-state index contributed by atoms with van der Waals surface area (Å²) < 4.78 is 0. The summed E-state index contributed by atoms with van der Waals surface area (Å²) in [5, 5.41) is 18.2. The number of nitrogens with one attached hydrogen (secondary N) is 1. The maximum Gasteiger partial charge on any atom is 0.269 e. The van der Waals surface area contributed by atoms with Crippen molar-refractivity contribution in [3.8, 4) is 11.1 Å². The molecule has 1 aromatic heterocycles. The van der Waals surface area contributed by atoms with Crippen LogP contribution >= 0.6 is 0 Å². The van der Waals surface area contributed by atoms with Gasteiger partial charge in [-0.05, 0) is 35.4 Å². The summed E-state index contributed by atoms with van der Waals surface area (Å²) in [5.41, 5.74) is 8.47. The van der Waals surface area contributed by atoms with E-state index in [-0.39, 0.29) is 5.69 Å². The first kappa shape index (κ1) is 11.2. The number of nitrogens with two attached hydrogens (primary N) is 1. The van der Waals surface area contributed by atoms with Gasteiger partial charge in [0.1, 0.15) is 0 Å². The van der Waals surface area contributed by atoms with Crippen LogP contribution in [0.25, 0.3) is 22.0 Å². The fourth-order valence-corrected chi connectivity index (χ4v) is 2.00. The van der Waals surface area contributed by atoms with Gasteiger partial charge in [0.2, 0.25) is 0 Å². The summed E-state index contributed by atoms with van der Waals surface area (Å²) in [6.45, 7) is 0. The summed E-state index contributed by atoms with van der Waals surface area (Å²) in [6, 6.07) is 12.1. The monoisotopic (exact) mass is 254 g/mol. The number of aromatic amines is 1. The van der Waals surface area contributed by atoms with Crippen LogP contribution in [0.15, 0.2) is 42.5 Å². The molecule has 0 spiro atoms. The Morgan fingerprint density at radius 1 is 1.11 bits per heavy atom. The standard InChI is InChI=1S/C13H10N4O2/c14-13-11-6-3-9(7-12(11)15-16-13)8-1-4-10(5-2-8)17(18)19/h1-7H,(H3,14,15,16). The summed E-state index contributed by atoms with van der Waals surface area (Å²) in [7, 11) is 0. The molecular formula is C13H10N4O2. The van der Waals surface area contributed by atoms with Crippen molar-refractivity contribution in [2.24, 2.45) is 0 Å². The van der Waals surface area contributed by atoms with Crippen LogP contribution in [-0.2, 0) is 0 Å². The van der Waals surface area contributed by atoms with E-state index in [2.05, 4.69) is 10.2 Å². The third-order valence-electron chi connectivity index (χ3n) is 3.00. The van der Waals surface area contributed by atoms with E-state index in [1.165, 1.54) is 12.1 Å². The van der Waals surface area contributed by atoms with E-state index >= 15 is 0 Å². The van der Waals surface area contributed by atoms with Crippen molar-refractivity contribution in [2.45, 2.75) is 0 Å². The van der Waals surface area contributed by atoms with Gasteiger partial charge in [-0.1, -0.05) is 6.07 Å². The molecule has 0 bridgehead atoms. The molecule has 94 valence electrons. The van der Waals surface area contributed by atoms with Gasteiger partial charge in [-0.25, -0.2) is 0 Å². The second kappa shape index (κ2) is 4.09. The Kier molecular flexibility index (Phi) is 2.42. The predicted molar refractivity (Wildman–Crippen MR) is 72.6 cm³/mol. The van der Waals surface area contributed by atoms with E-state index < -0.39 is 4.92 Å². The van der Waals surface area contributed by atoms with Gasteiger partial charge in [0.25, 0.3) is 5.69 Å². The number of anilines is 1. The molecule has 0 fully saturated rings. The maximum absolute atomic E-state index is 10.6. The number of nitrogens with zero attached hydrogens (tertiary/aromatic N) is 2. The zero-order valence-electron chi connectivity index (χ0n) is 9.83. The normalized spacial score (nSPS) is 10.7. The maximum atomic E-state index is 10.6. The minimum atomic E-state index is -0.414. The molecule has 6 heteroatoms. The molecule has 3 rings (SSSR count). The van der Waals surface area contributed by atoms with Gasteiger partial charge in [-0.2, -0.15) is 5.10 Å². The van der Waals surface area contributed by atoms with Gasteiger partial charge in [0.05, 0.1) is 10.4 Å². The zero-order valence-corrected chi connectivity index (χ0v) is 9.83. The Labute approximate surface area is 108 Å². The number of H-pyrrole nitrogens is 1. The molecule has 0 amide bonds. The first-order chi connectivity index (χ1) is 9.15. The first-order valence-electron chi connectivity index (χ1n) is 5.63. The Hall–Kier alpha value is -2.89. The minimum absolute atomic E-state index is 0.0793. The van der Waals surface area contributed by atoms with Crippen LogP contribution in [0, 0.1) is 10.1 Å². The van der Waals surface area contributed by atoms with E-state index in [0.29, 0.717) is 5.82 Å². The van der Waals surface area contributed by atoms with E-state index in [0.717, 1.165) is 22.0 Å². The molecule has 1 heterocycles. The SMILES string of the molecule is Nc1n[nH]c2cc(-c3ccc([N+](=O)[O-])cc3)ccc12. The van der Waals surface area contributed by atoms with Gasteiger partial charge in [-0.15, -0.1) is 0 Å². The Balaban J connectivity index is 2.05. The summed E-state index contributed by atoms with van der Waals surface area (Å²) in [6.07, 6.45) is 0. The molecule has 0 aliphatic carbocycles. The summed E-state index contributed by atoms with van der Waals surface area (Å²) >= 11 is 0. The Morgan fingerprint density at radius 2 is 1.79 bits per heavy atom. The third kappa shape index (κ3) is 1.89. The van der Waals surface area contributed by atoms with Crippen molar-refractivity contribution >= 4 is 22.4 Å². The van der Waals surface area contributed by atoms with Crippen molar-refractivity contribution < 1.29 is 4.92 Å². The van der Waals surface area contributed by atoms with Crippen LogP contribution in [-0.4, -0.2) is 15.1 Å². The molecule has 2 aromatic carbocycles. The Bertz CT molecular complexity index is 762. The summed E-state index contributed by atoms with van der Waals surface area (Å²) in [5.74, 6) is 0.463. The number of nitro groups is 1. The average molecular weight is 254 g/mol. The molecule has 0 radical (unpaired) electrons. The molecule has 0 saturated carbocycles. The molecular weight excluding hydrogens is 244 g/mol. The second-order valence-corrected chi connectivity index (χ2v) is 4.17. The molecule has 0 saturated heterocycles. The van der Waals surface area contributed by atoms with E-state index in [1.54, 1.807) is 12.1 Å². The number of aromatic nitrogens is 2. The number of nitro benzene ring substituents is 1. The van der Waals surface area contributed by atoms with Crippen LogP contribution in [0.2, 0.25) is 0 Å². The summed E-state index contributed by atoms with van der Waals surface area (Å²) in [4.78, 5) is 10.2. The van der Waals surface area contributed by atoms with Crippen molar-refractivity contribution in [1.29, 1.82) is 0 Å². The minimum Gasteiger partial charge on any atom is -0.382 e. The quantitative estimate of drug-likeness (QED) is 0.542. The molecule has 3 aromatic rings. The number of hydrogen-bond donors (Lipinski definition) is 2. The lowest BCUT2D eigenvalue weighted by Gasteiger charge is -2.01. The lowest BCUT2D eigenvalue weighted by molar-refractivity contribution is -0.384. The van der Waals surface area contributed by atoms with Gasteiger partial charge in [0.15, 0.2) is 5.82 Å². The van der Waals surface area contributed by atoms with E-state index in [4.69, 9.17) is 5.73 Å². The van der Waals surface area contributed by atoms with Crippen LogP contribution in [0.1, 0.15) is 0 Å². The van der Waals surface area contributed by atoms with Crippen LogP contribution < -0.4 is 5.73 Å². The fraction of sp³-hybridized carbons (Fsp3) is 0. The van der Waals surface area contributed by atoms with Gasteiger partial charge < -0.3 is 5.73 Å². The Morgan fingerprint density at radius 3 is 2.47 bits per heavy atom. The molecule has 6 nitrogen and oxygen atoms in total. The van der Waals surface area contributed by atoms with Crippen molar-refractivity contribution in [3.63, 3.8) is 0 Å². The largest absolute Gasteiger partial charge is 0.382 e. The zero-order chi connectivity index (χ0) is 13.4. The highest BCUT2D eigenvalue weighted by Gasteiger charge is 2.07. The number of non-ortho nitro benzene ring substituents is 1. The molecule has 3 N–H and O–H groups in total. The lowest BCUT2D eigenvalue weighted by Crippen LogP contribution is -1.87. The van der Waals surface area contributed by atoms with Crippen molar-refractivity contribution in [3.05, 3.63) is 52.6 Å². The molecule has 0 atom stereocenters. The number of benzene rings is 2. The molecule has 0 aliphatic heterocycles. The highest BCUT2D eigenvalue weighted by Crippen LogP contribution is 2.27. The van der Waals surface area contributed by atoms with E-state index in [1.807, 2.05) is 18.2 Å². The average Bonchev–Trinajstić information content (AvgIpc) is 2.80. The third-order valence-corrected chi connectivity index (χ3v) is 3.00. The molecule has 19 heavy (non-hydrogen) atoms. The number of fused-ring (bicyclic) bond motifs is 1. The molecule has 0 aliphatic rings. The van der Waals surface area contributed by atoms with Gasteiger partial charge in [0, 0.05) is 17.5 Å². The van der Waals surface area contributed by atoms with Crippen molar-refractivity contribution in [1.82, 2.24) is 10.2 Å². The van der Waals surface area contributed by atoms with E-state index in [9.17, 15) is 10.1 Å². The lowest BCUT2D eigenvalue weighted by atomic mass is 10.0. The predicted octanol–water partition coefficient (Wildman–Crippen LogP) is 2.72. The molecule has 0 unspecified atom stereocenters. The smallest absolute Gasteiger partial charge is 0.269 e. The highest BCUT2D eigenvalue weighted by atomic mass is 16.6. The fourth-order valence-electron chi connectivity index (χ4n) is 2.00. The van der Waals surface area contributed by atoms with Gasteiger partial charge in [-0.3, -0.25) is 15.2 Å².